The smallest absolute Gasteiger partial charge is 0.394 e. The molecule has 26 heavy (non-hydrogen) atoms. The lowest BCUT2D eigenvalue weighted by Gasteiger charge is -2.09. The molecule has 1 aromatic carbocycles. The summed E-state index contributed by atoms with van der Waals surface area (Å²) in [6.45, 7) is 0.203. The van der Waals surface area contributed by atoms with Crippen LogP contribution in [0.15, 0.2) is 36.5 Å². The van der Waals surface area contributed by atoms with Crippen LogP contribution in [0.4, 0.5) is 18.9 Å². The summed E-state index contributed by atoms with van der Waals surface area (Å²) < 4.78 is 39.7. The molecule has 10 heteroatoms. The van der Waals surface area contributed by atoms with Gasteiger partial charge in [0, 0.05) is 11.6 Å². The molecule has 0 saturated carbocycles. The Morgan fingerprint density at radius 1 is 1.31 bits per heavy atom. The number of benzene rings is 1. The number of hydrogen-bond donors (Lipinski definition) is 2. The fourth-order valence-corrected chi connectivity index (χ4v) is 2.52. The van der Waals surface area contributed by atoms with Crippen LogP contribution < -0.4 is 5.32 Å². The Kier molecular flexibility index (Phi) is 4.84. The van der Waals surface area contributed by atoms with Gasteiger partial charge in [-0.1, -0.05) is 17.7 Å². The van der Waals surface area contributed by atoms with Crippen molar-refractivity contribution < 1.29 is 23.1 Å². The van der Waals surface area contributed by atoms with Gasteiger partial charge < -0.3 is 10.4 Å². The third kappa shape index (κ3) is 3.78. The molecule has 0 aliphatic heterocycles. The minimum Gasteiger partial charge on any atom is -0.394 e. The Morgan fingerprint density at radius 3 is 2.77 bits per heavy atom. The summed E-state index contributed by atoms with van der Waals surface area (Å²) in [6, 6.07) is 6.13. The van der Waals surface area contributed by atoms with Gasteiger partial charge in [0.1, 0.15) is 11.4 Å². The third-order valence-electron chi connectivity index (χ3n) is 3.49. The summed E-state index contributed by atoms with van der Waals surface area (Å²) in [7, 11) is 0. The average molecular weight is 385 g/mol. The van der Waals surface area contributed by atoms with Crippen molar-refractivity contribution in [1.29, 1.82) is 0 Å². The zero-order valence-corrected chi connectivity index (χ0v) is 13.8. The van der Waals surface area contributed by atoms with Crippen LogP contribution in [0.25, 0.3) is 10.9 Å². The number of alkyl halides is 3. The normalized spacial score (nSPS) is 11.7. The second-order valence-electron chi connectivity index (χ2n) is 5.37. The molecule has 0 aliphatic carbocycles. The summed E-state index contributed by atoms with van der Waals surface area (Å²) in [5.41, 5.74) is -0.769. The molecule has 0 unspecified atom stereocenters. The Labute approximate surface area is 150 Å². The Morgan fingerprint density at radius 2 is 2.08 bits per heavy atom. The number of aromatic nitrogens is 3. The van der Waals surface area contributed by atoms with Crippen molar-refractivity contribution in [2.24, 2.45) is 0 Å². The maximum Gasteiger partial charge on any atom is 0.433 e. The van der Waals surface area contributed by atoms with E-state index in [4.69, 9.17) is 16.7 Å². The molecule has 0 spiro atoms. The predicted molar refractivity (Wildman–Crippen MR) is 89.0 cm³/mol. The molecular weight excluding hydrogens is 373 g/mol. The van der Waals surface area contributed by atoms with Crippen molar-refractivity contribution in [1.82, 2.24) is 14.8 Å². The number of fused-ring (bicyclic) bond motifs is 1. The molecule has 0 fully saturated rings. The third-order valence-corrected chi connectivity index (χ3v) is 3.80. The molecular formula is C16H12ClF3N4O2. The highest BCUT2D eigenvalue weighted by Gasteiger charge is 2.33. The molecule has 2 aromatic heterocycles. The lowest BCUT2D eigenvalue weighted by Crippen LogP contribution is -2.17. The summed E-state index contributed by atoms with van der Waals surface area (Å²) in [6.07, 6.45) is -2.99. The molecule has 136 valence electrons. The first-order valence-corrected chi connectivity index (χ1v) is 7.79. The van der Waals surface area contributed by atoms with E-state index < -0.39 is 17.8 Å². The van der Waals surface area contributed by atoms with E-state index in [9.17, 15) is 18.0 Å². The zero-order valence-electron chi connectivity index (χ0n) is 13.1. The van der Waals surface area contributed by atoms with E-state index in [-0.39, 0.29) is 23.0 Å². The van der Waals surface area contributed by atoms with Gasteiger partial charge in [0.05, 0.1) is 29.4 Å². The van der Waals surface area contributed by atoms with E-state index in [1.165, 1.54) is 16.8 Å². The molecule has 0 atom stereocenters. The second-order valence-corrected chi connectivity index (χ2v) is 5.77. The van der Waals surface area contributed by atoms with Crippen molar-refractivity contribution in [3.63, 3.8) is 0 Å². The predicted octanol–water partition coefficient (Wildman–Crippen LogP) is 3.35. The summed E-state index contributed by atoms with van der Waals surface area (Å²) in [4.78, 5) is 15.6. The van der Waals surface area contributed by atoms with Gasteiger partial charge in [-0.05, 0) is 24.3 Å². The van der Waals surface area contributed by atoms with Crippen LogP contribution in [-0.4, -0.2) is 32.4 Å². The topological polar surface area (TPSA) is 80.0 Å². The molecule has 6 nitrogen and oxygen atoms in total. The van der Waals surface area contributed by atoms with Gasteiger partial charge in [-0.25, -0.2) is 4.98 Å². The number of hydrogen-bond acceptors (Lipinski definition) is 4. The summed E-state index contributed by atoms with van der Waals surface area (Å²) >= 11 is 6.11. The van der Waals surface area contributed by atoms with Crippen molar-refractivity contribution in [2.75, 3.05) is 11.9 Å². The van der Waals surface area contributed by atoms with E-state index in [1.807, 2.05) is 0 Å². The molecule has 0 bridgehead atoms. The maximum absolute atomic E-state index is 12.7. The van der Waals surface area contributed by atoms with E-state index in [2.05, 4.69) is 15.4 Å². The van der Waals surface area contributed by atoms with Crippen LogP contribution in [0, 0.1) is 0 Å². The van der Waals surface area contributed by atoms with Gasteiger partial charge in [-0.3, -0.25) is 9.48 Å². The number of anilines is 1. The Hall–Kier alpha value is -2.65. The number of aliphatic hydroxyl groups excluding tert-OH is 1. The second kappa shape index (κ2) is 6.93. The largest absolute Gasteiger partial charge is 0.433 e. The fourth-order valence-electron chi connectivity index (χ4n) is 2.32. The molecule has 2 N–H and O–H groups in total. The lowest BCUT2D eigenvalue weighted by molar-refractivity contribution is -0.141. The quantitative estimate of drug-likeness (QED) is 0.723. The minimum atomic E-state index is -4.64. The zero-order chi connectivity index (χ0) is 18.9. The standard InChI is InChI=1S/C16H12ClF3N4O2/c17-10-7-12-9(8-24(23-12)4-5-25)6-13(10)22-15(26)11-2-1-3-14(21-11)16(18,19)20/h1-3,6-8,25H,4-5H2,(H,22,26). The van der Waals surface area contributed by atoms with Gasteiger partial charge in [0.15, 0.2) is 0 Å². The molecule has 0 radical (unpaired) electrons. The van der Waals surface area contributed by atoms with Crippen LogP contribution in [0.5, 0.6) is 0 Å². The van der Waals surface area contributed by atoms with Crippen molar-refractivity contribution in [2.45, 2.75) is 12.7 Å². The number of halogens is 4. The number of rotatable bonds is 4. The van der Waals surface area contributed by atoms with E-state index in [0.29, 0.717) is 17.4 Å². The molecule has 2 heterocycles. The highest BCUT2D eigenvalue weighted by Crippen LogP contribution is 2.29. The first kappa shape index (κ1) is 18.2. The molecule has 0 aliphatic rings. The number of pyridine rings is 1. The van der Waals surface area contributed by atoms with E-state index in [1.54, 1.807) is 12.3 Å². The first-order chi connectivity index (χ1) is 12.3. The van der Waals surface area contributed by atoms with Gasteiger partial charge in [0.2, 0.25) is 0 Å². The minimum absolute atomic E-state index is 0.0907. The van der Waals surface area contributed by atoms with Crippen molar-refractivity contribution in [3.8, 4) is 0 Å². The highest BCUT2D eigenvalue weighted by molar-refractivity contribution is 6.34. The van der Waals surface area contributed by atoms with Crippen molar-refractivity contribution >= 4 is 34.1 Å². The summed E-state index contributed by atoms with van der Waals surface area (Å²) in [5, 5.41) is 16.4. The maximum atomic E-state index is 12.7. The number of carbonyl (C=O) groups excluding carboxylic acids is 1. The Balaban J connectivity index is 1.88. The van der Waals surface area contributed by atoms with Gasteiger partial charge >= 0.3 is 6.18 Å². The highest BCUT2D eigenvalue weighted by atomic mass is 35.5. The fraction of sp³-hybridized carbons (Fsp3) is 0.188. The SMILES string of the molecule is O=C(Nc1cc2cn(CCO)nc2cc1Cl)c1cccc(C(F)(F)F)n1. The molecule has 1 amide bonds. The number of carbonyl (C=O) groups is 1. The average Bonchev–Trinajstić information content (AvgIpc) is 2.96. The van der Waals surface area contributed by atoms with Gasteiger partial charge in [0.25, 0.3) is 5.91 Å². The number of aliphatic hydroxyl groups is 1. The monoisotopic (exact) mass is 384 g/mol. The van der Waals surface area contributed by atoms with Crippen molar-refractivity contribution in [3.05, 3.63) is 52.9 Å². The molecule has 3 rings (SSSR count). The van der Waals surface area contributed by atoms with Crippen LogP contribution in [0.1, 0.15) is 16.2 Å². The lowest BCUT2D eigenvalue weighted by atomic mass is 10.2. The van der Waals surface area contributed by atoms with E-state index in [0.717, 1.165) is 12.1 Å². The van der Waals surface area contributed by atoms with Gasteiger partial charge in [-0.15, -0.1) is 0 Å². The number of amides is 1. The molecule has 3 aromatic rings. The van der Waals surface area contributed by atoms with E-state index >= 15 is 0 Å². The van der Waals surface area contributed by atoms with Gasteiger partial charge in [-0.2, -0.15) is 18.3 Å². The number of nitrogens with zero attached hydrogens (tertiary/aromatic N) is 3. The van der Waals surface area contributed by atoms with Crippen LogP contribution in [0.3, 0.4) is 0 Å². The Bertz CT molecular complexity index is 972. The summed E-state index contributed by atoms with van der Waals surface area (Å²) in [5.74, 6) is -0.819. The van der Waals surface area contributed by atoms with Crippen LogP contribution >= 0.6 is 11.6 Å². The van der Waals surface area contributed by atoms with Crippen LogP contribution in [-0.2, 0) is 12.7 Å². The van der Waals surface area contributed by atoms with Crippen LogP contribution in [0.2, 0.25) is 5.02 Å². The first-order valence-electron chi connectivity index (χ1n) is 7.41. The number of nitrogens with one attached hydrogen (secondary N) is 1. The molecule has 0 saturated heterocycles.